The maximum absolute atomic E-state index is 13.2. The van der Waals surface area contributed by atoms with Gasteiger partial charge < -0.3 is 9.47 Å². The first-order chi connectivity index (χ1) is 15.3. The molecule has 0 N–H and O–H groups in total. The minimum Gasteiger partial charge on any atom is -0.448 e. The second kappa shape index (κ2) is 7.66. The lowest BCUT2D eigenvalue weighted by molar-refractivity contribution is -0.0331. The van der Waals surface area contributed by atoms with E-state index >= 15 is 0 Å². The number of benzene rings is 2. The van der Waals surface area contributed by atoms with Gasteiger partial charge in [-0.05, 0) is 56.6 Å². The van der Waals surface area contributed by atoms with E-state index in [-0.39, 0.29) is 24.1 Å². The molecule has 0 spiro atoms. The lowest BCUT2D eigenvalue weighted by Gasteiger charge is -2.43. The number of ether oxygens (including phenoxy) is 2. The number of thiophene rings is 1. The monoisotopic (exact) mass is 429 g/mol. The van der Waals surface area contributed by atoms with Crippen molar-refractivity contribution in [1.29, 1.82) is 0 Å². The molecule has 1 aliphatic carbocycles. The molecular formula is C26H23NO3S. The molecule has 3 aliphatic rings. The van der Waals surface area contributed by atoms with Crippen LogP contribution in [0, 0.1) is 0 Å². The Morgan fingerprint density at radius 1 is 1.03 bits per heavy atom. The van der Waals surface area contributed by atoms with E-state index in [9.17, 15) is 4.79 Å². The highest BCUT2D eigenvalue weighted by atomic mass is 32.1. The minimum atomic E-state index is -0.235. The Morgan fingerprint density at radius 3 is 2.45 bits per heavy atom. The van der Waals surface area contributed by atoms with Crippen molar-refractivity contribution in [2.75, 3.05) is 19.8 Å². The molecule has 4 nitrogen and oxygen atoms in total. The van der Waals surface area contributed by atoms with E-state index in [1.165, 1.54) is 33.4 Å². The average Bonchev–Trinajstić information content (AvgIpc) is 3.44. The molecule has 6 rings (SSSR count). The molecule has 1 aromatic heterocycles. The van der Waals surface area contributed by atoms with Gasteiger partial charge in [-0.15, -0.1) is 0 Å². The van der Waals surface area contributed by atoms with Crippen LogP contribution in [0.15, 0.2) is 71.4 Å². The molecule has 3 aromatic rings. The number of rotatable bonds is 3. The predicted octanol–water partition coefficient (Wildman–Crippen LogP) is 5.55. The summed E-state index contributed by atoms with van der Waals surface area (Å²) in [4.78, 5) is 15.1. The number of carbonyl (C=O) groups is 1. The summed E-state index contributed by atoms with van der Waals surface area (Å²) in [6.45, 7) is 1.43. The first-order valence-electron chi connectivity index (χ1n) is 10.7. The topological polar surface area (TPSA) is 38.8 Å². The Kier molecular flexibility index (Phi) is 4.66. The van der Waals surface area contributed by atoms with Gasteiger partial charge >= 0.3 is 6.09 Å². The SMILES string of the molecule is O=C(OCC1c2ccccc2-c2ccccc21)N1C2C=C(c3ccsc3)CC1COC2. The van der Waals surface area contributed by atoms with Crippen LogP contribution in [-0.2, 0) is 9.47 Å². The molecule has 2 aliphatic heterocycles. The van der Waals surface area contributed by atoms with Crippen LogP contribution in [0.2, 0.25) is 0 Å². The Hall–Kier alpha value is -2.89. The molecular weight excluding hydrogens is 406 g/mol. The third kappa shape index (κ3) is 3.20. The fourth-order valence-corrected chi connectivity index (χ4v) is 5.89. The molecule has 0 saturated carbocycles. The molecule has 3 heterocycles. The quantitative estimate of drug-likeness (QED) is 0.548. The second-order valence-electron chi connectivity index (χ2n) is 8.38. The van der Waals surface area contributed by atoms with E-state index < -0.39 is 0 Å². The van der Waals surface area contributed by atoms with Gasteiger partial charge in [0, 0.05) is 5.92 Å². The van der Waals surface area contributed by atoms with E-state index in [1.807, 2.05) is 4.90 Å². The van der Waals surface area contributed by atoms with E-state index in [1.54, 1.807) is 11.3 Å². The van der Waals surface area contributed by atoms with Gasteiger partial charge in [0.25, 0.3) is 0 Å². The normalized spacial score (nSPS) is 21.9. The van der Waals surface area contributed by atoms with Crippen LogP contribution in [0.1, 0.15) is 29.0 Å². The highest BCUT2D eigenvalue weighted by molar-refractivity contribution is 7.08. The lowest BCUT2D eigenvalue weighted by Crippen LogP contribution is -2.56. The average molecular weight is 430 g/mol. The Balaban J connectivity index is 1.22. The summed E-state index contributed by atoms with van der Waals surface area (Å²) in [5.41, 5.74) is 7.52. The van der Waals surface area contributed by atoms with Crippen LogP contribution < -0.4 is 0 Å². The van der Waals surface area contributed by atoms with Gasteiger partial charge in [0.05, 0.1) is 25.3 Å². The van der Waals surface area contributed by atoms with Crippen molar-refractivity contribution in [3.05, 3.63) is 88.1 Å². The van der Waals surface area contributed by atoms with E-state index in [0.29, 0.717) is 19.8 Å². The number of morpholine rings is 1. The molecule has 2 bridgehead atoms. The molecule has 2 unspecified atom stereocenters. The second-order valence-corrected chi connectivity index (χ2v) is 9.16. The summed E-state index contributed by atoms with van der Waals surface area (Å²) < 4.78 is 11.7. The van der Waals surface area contributed by atoms with Crippen molar-refractivity contribution in [1.82, 2.24) is 4.90 Å². The maximum Gasteiger partial charge on any atom is 0.410 e. The fourth-order valence-electron chi connectivity index (χ4n) is 5.21. The molecule has 1 fully saturated rings. The van der Waals surface area contributed by atoms with Gasteiger partial charge in [0.15, 0.2) is 0 Å². The molecule has 2 atom stereocenters. The minimum absolute atomic E-state index is 0.0225. The van der Waals surface area contributed by atoms with Crippen molar-refractivity contribution in [2.24, 2.45) is 0 Å². The Bertz CT molecular complexity index is 1110. The number of fused-ring (bicyclic) bond motifs is 5. The van der Waals surface area contributed by atoms with Crippen molar-refractivity contribution in [3.8, 4) is 11.1 Å². The summed E-state index contributed by atoms with van der Waals surface area (Å²) >= 11 is 1.70. The standard InChI is InChI=1S/C26H23NO3S/c28-26(27-19-11-18(17-9-10-31-16-17)12-20(27)14-29-13-19)30-15-25-23-7-3-1-5-21(23)22-6-2-4-8-24(22)25/h1-11,16,19-20,25H,12-15H2. The van der Waals surface area contributed by atoms with Crippen molar-refractivity contribution in [3.63, 3.8) is 0 Å². The first-order valence-corrected chi connectivity index (χ1v) is 11.7. The molecule has 1 amide bonds. The lowest BCUT2D eigenvalue weighted by atomic mass is 9.91. The molecule has 1 saturated heterocycles. The number of amides is 1. The molecule has 31 heavy (non-hydrogen) atoms. The summed E-state index contributed by atoms with van der Waals surface area (Å²) in [5.74, 6) is 0.0779. The van der Waals surface area contributed by atoms with Crippen LogP contribution in [0.3, 0.4) is 0 Å². The molecule has 2 aromatic carbocycles. The largest absolute Gasteiger partial charge is 0.448 e. The fraction of sp³-hybridized carbons (Fsp3) is 0.269. The van der Waals surface area contributed by atoms with Crippen molar-refractivity contribution < 1.29 is 14.3 Å². The molecule has 156 valence electrons. The zero-order valence-electron chi connectivity index (χ0n) is 17.1. The smallest absolute Gasteiger partial charge is 0.410 e. The number of nitrogens with zero attached hydrogens (tertiary/aromatic N) is 1. The summed E-state index contributed by atoms with van der Waals surface area (Å²) in [6.07, 6.45) is 2.75. The van der Waals surface area contributed by atoms with Crippen LogP contribution in [0.4, 0.5) is 4.79 Å². The number of hydrogen-bond donors (Lipinski definition) is 0. The maximum atomic E-state index is 13.2. The van der Waals surface area contributed by atoms with Crippen molar-refractivity contribution in [2.45, 2.75) is 24.4 Å². The Morgan fingerprint density at radius 2 is 1.77 bits per heavy atom. The molecule has 0 radical (unpaired) electrons. The van der Waals surface area contributed by atoms with Crippen molar-refractivity contribution >= 4 is 23.0 Å². The number of hydrogen-bond acceptors (Lipinski definition) is 4. The summed E-state index contributed by atoms with van der Waals surface area (Å²) in [6, 6.07) is 18.9. The molecule has 5 heteroatoms. The van der Waals surface area contributed by atoms with Crippen LogP contribution in [0.25, 0.3) is 16.7 Å². The third-order valence-electron chi connectivity index (χ3n) is 6.64. The van der Waals surface area contributed by atoms with Crippen LogP contribution >= 0.6 is 11.3 Å². The summed E-state index contributed by atoms with van der Waals surface area (Å²) in [5, 5.41) is 4.27. The van der Waals surface area contributed by atoms with E-state index in [4.69, 9.17) is 9.47 Å². The zero-order valence-corrected chi connectivity index (χ0v) is 17.9. The third-order valence-corrected chi connectivity index (χ3v) is 7.32. The predicted molar refractivity (Wildman–Crippen MR) is 122 cm³/mol. The number of carbonyl (C=O) groups excluding carboxylic acids is 1. The van der Waals surface area contributed by atoms with Gasteiger partial charge in [-0.3, -0.25) is 4.90 Å². The van der Waals surface area contributed by atoms with E-state index in [0.717, 1.165) is 6.42 Å². The van der Waals surface area contributed by atoms with Gasteiger partial charge in [0.2, 0.25) is 0 Å². The van der Waals surface area contributed by atoms with Gasteiger partial charge in [-0.1, -0.05) is 54.6 Å². The van der Waals surface area contributed by atoms with Crippen LogP contribution in [-0.4, -0.2) is 42.9 Å². The first kappa shape index (κ1) is 18.8. The van der Waals surface area contributed by atoms with E-state index in [2.05, 4.69) is 71.4 Å². The zero-order chi connectivity index (χ0) is 20.8. The highest BCUT2D eigenvalue weighted by Crippen LogP contribution is 2.44. The Labute approximate surface area is 185 Å². The van der Waals surface area contributed by atoms with Gasteiger partial charge in [-0.2, -0.15) is 11.3 Å². The van der Waals surface area contributed by atoms with Crippen LogP contribution in [0.5, 0.6) is 0 Å². The van der Waals surface area contributed by atoms with Gasteiger partial charge in [0.1, 0.15) is 6.61 Å². The summed E-state index contributed by atoms with van der Waals surface area (Å²) in [7, 11) is 0. The van der Waals surface area contributed by atoms with Gasteiger partial charge in [-0.25, -0.2) is 4.79 Å². The highest BCUT2D eigenvalue weighted by Gasteiger charge is 2.39.